The fourth-order valence-corrected chi connectivity index (χ4v) is 3.17. The molecular weight excluding hydrogens is 334 g/mol. The van der Waals surface area contributed by atoms with Crippen molar-refractivity contribution in [3.05, 3.63) is 35.9 Å². The first-order valence-electron chi connectivity index (χ1n) is 9.21. The maximum absolute atomic E-state index is 12.2. The summed E-state index contributed by atoms with van der Waals surface area (Å²) in [6, 6.07) is 9.63. The molecule has 0 spiro atoms. The molecule has 0 atom stereocenters. The Morgan fingerprint density at radius 2 is 1.54 bits per heavy atom. The maximum atomic E-state index is 12.2. The number of likely N-dealkylation sites (N-methyl/N-ethyl adjacent to an activating group) is 1. The van der Waals surface area contributed by atoms with Gasteiger partial charge in [0.15, 0.2) is 0 Å². The summed E-state index contributed by atoms with van der Waals surface area (Å²) in [6.45, 7) is 4.54. The van der Waals surface area contributed by atoms with Crippen LogP contribution in [0.15, 0.2) is 30.3 Å². The monoisotopic (exact) mass is 361 g/mol. The fraction of sp³-hybridized carbons (Fsp3) is 0.579. The van der Waals surface area contributed by atoms with Crippen molar-refractivity contribution in [3.63, 3.8) is 0 Å². The van der Waals surface area contributed by atoms with Gasteiger partial charge in [-0.05, 0) is 12.6 Å². The summed E-state index contributed by atoms with van der Waals surface area (Å²) in [5.41, 5.74) is 0.969. The van der Waals surface area contributed by atoms with Crippen LogP contribution in [0.25, 0.3) is 0 Å². The number of piperidine rings is 1. The van der Waals surface area contributed by atoms with Crippen LogP contribution in [-0.2, 0) is 16.1 Å². The van der Waals surface area contributed by atoms with Crippen LogP contribution in [0.3, 0.4) is 0 Å². The number of ether oxygens (including phenoxy) is 2. The normalized spacial score (nSPS) is 19.3. The van der Waals surface area contributed by atoms with Gasteiger partial charge in [0.25, 0.3) is 0 Å². The van der Waals surface area contributed by atoms with E-state index >= 15 is 0 Å². The lowest BCUT2D eigenvalue weighted by Crippen LogP contribution is -2.49. The van der Waals surface area contributed by atoms with E-state index in [1.807, 2.05) is 30.3 Å². The molecule has 2 heterocycles. The van der Waals surface area contributed by atoms with Crippen molar-refractivity contribution in [2.75, 3.05) is 46.3 Å². The van der Waals surface area contributed by atoms with Crippen molar-refractivity contribution in [3.8, 4) is 0 Å². The van der Waals surface area contributed by atoms with Gasteiger partial charge in [0.1, 0.15) is 12.7 Å². The Balaban J connectivity index is 1.37. The molecule has 7 heteroatoms. The second-order valence-corrected chi connectivity index (χ2v) is 6.90. The number of hydrogen-bond donors (Lipinski definition) is 0. The SMILES string of the molecule is CN1CCN(C(=O)OC2CCN(C(=O)OCc3ccccc3)CC2)CC1. The van der Waals surface area contributed by atoms with Crippen LogP contribution in [-0.4, -0.2) is 79.3 Å². The number of amides is 2. The maximum Gasteiger partial charge on any atom is 0.410 e. The molecule has 2 saturated heterocycles. The number of likely N-dealkylation sites (tertiary alicyclic amines) is 1. The smallest absolute Gasteiger partial charge is 0.410 e. The molecule has 0 aromatic heterocycles. The van der Waals surface area contributed by atoms with Gasteiger partial charge in [-0.1, -0.05) is 30.3 Å². The van der Waals surface area contributed by atoms with Gasteiger partial charge in [-0.2, -0.15) is 0 Å². The number of piperazine rings is 1. The summed E-state index contributed by atoms with van der Waals surface area (Å²) in [5, 5.41) is 0. The van der Waals surface area contributed by atoms with Gasteiger partial charge in [0, 0.05) is 52.1 Å². The standard InChI is InChI=1S/C19H27N3O4/c1-20-11-13-22(14-12-20)19(24)26-17-7-9-21(10-8-17)18(23)25-15-16-5-3-2-4-6-16/h2-6,17H,7-15H2,1H3. The van der Waals surface area contributed by atoms with Crippen LogP contribution in [0.1, 0.15) is 18.4 Å². The van der Waals surface area contributed by atoms with E-state index < -0.39 is 0 Å². The highest BCUT2D eigenvalue weighted by atomic mass is 16.6. The third-order valence-corrected chi connectivity index (χ3v) is 4.93. The summed E-state index contributed by atoms with van der Waals surface area (Å²) in [5.74, 6) is 0. The lowest BCUT2D eigenvalue weighted by atomic mass is 10.1. The van der Waals surface area contributed by atoms with E-state index in [0.717, 1.165) is 18.7 Å². The lowest BCUT2D eigenvalue weighted by Gasteiger charge is -2.35. The predicted octanol–water partition coefficient (Wildman–Crippen LogP) is 2.17. The molecule has 1 aromatic carbocycles. The van der Waals surface area contributed by atoms with E-state index in [1.165, 1.54) is 0 Å². The molecule has 0 aliphatic carbocycles. The Kier molecular flexibility index (Phi) is 6.33. The Bertz CT molecular complexity index is 594. The van der Waals surface area contributed by atoms with Gasteiger partial charge < -0.3 is 24.2 Å². The van der Waals surface area contributed by atoms with E-state index in [-0.39, 0.29) is 24.9 Å². The van der Waals surface area contributed by atoms with Gasteiger partial charge >= 0.3 is 12.2 Å². The van der Waals surface area contributed by atoms with E-state index in [0.29, 0.717) is 39.0 Å². The molecule has 1 aromatic rings. The molecular formula is C19H27N3O4. The van der Waals surface area contributed by atoms with Gasteiger partial charge in [-0.15, -0.1) is 0 Å². The van der Waals surface area contributed by atoms with Crippen molar-refractivity contribution < 1.29 is 19.1 Å². The fourth-order valence-electron chi connectivity index (χ4n) is 3.17. The van der Waals surface area contributed by atoms with Gasteiger partial charge in [-0.3, -0.25) is 0 Å². The van der Waals surface area contributed by atoms with Crippen molar-refractivity contribution in [2.45, 2.75) is 25.6 Å². The molecule has 0 unspecified atom stereocenters. The Morgan fingerprint density at radius 3 is 2.19 bits per heavy atom. The third-order valence-electron chi connectivity index (χ3n) is 4.93. The molecule has 0 N–H and O–H groups in total. The highest BCUT2D eigenvalue weighted by Crippen LogP contribution is 2.17. The predicted molar refractivity (Wildman–Crippen MR) is 96.8 cm³/mol. The number of nitrogens with zero attached hydrogens (tertiary/aromatic N) is 3. The number of hydrogen-bond acceptors (Lipinski definition) is 5. The van der Waals surface area contributed by atoms with Crippen molar-refractivity contribution in [1.82, 2.24) is 14.7 Å². The first kappa shape index (κ1) is 18.5. The zero-order valence-corrected chi connectivity index (χ0v) is 15.3. The van der Waals surface area contributed by atoms with E-state index in [4.69, 9.17) is 9.47 Å². The summed E-state index contributed by atoms with van der Waals surface area (Å²) in [4.78, 5) is 30.0. The second-order valence-electron chi connectivity index (χ2n) is 6.90. The van der Waals surface area contributed by atoms with E-state index in [1.54, 1.807) is 9.80 Å². The van der Waals surface area contributed by atoms with Crippen molar-refractivity contribution in [1.29, 1.82) is 0 Å². The van der Waals surface area contributed by atoms with Crippen LogP contribution in [0.5, 0.6) is 0 Å². The lowest BCUT2D eigenvalue weighted by molar-refractivity contribution is 0.0177. The van der Waals surface area contributed by atoms with Gasteiger partial charge in [-0.25, -0.2) is 9.59 Å². The number of benzene rings is 1. The first-order valence-corrected chi connectivity index (χ1v) is 9.21. The third kappa shape index (κ3) is 5.11. The highest BCUT2D eigenvalue weighted by Gasteiger charge is 2.28. The Labute approximate surface area is 154 Å². The number of carbonyl (C=O) groups is 2. The largest absolute Gasteiger partial charge is 0.446 e. The van der Waals surface area contributed by atoms with Crippen LogP contribution in [0.2, 0.25) is 0 Å². The summed E-state index contributed by atoms with van der Waals surface area (Å²) >= 11 is 0. The number of rotatable bonds is 3. The molecule has 26 heavy (non-hydrogen) atoms. The summed E-state index contributed by atoms with van der Waals surface area (Å²) < 4.78 is 11.0. The molecule has 142 valence electrons. The van der Waals surface area contributed by atoms with E-state index in [9.17, 15) is 9.59 Å². The van der Waals surface area contributed by atoms with E-state index in [2.05, 4.69) is 11.9 Å². The molecule has 7 nitrogen and oxygen atoms in total. The minimum Gasteiger partial charge on any atom is -0.446 e. The van der Waals surface area contributed by atoms with Crippen LogP contribution in [0.4, 0.5) is 9.59 Å². The average molecular weight is 361 g/mol. The van der Waals surface area contributed by atoms with Crippen LogP contribution < -0.4 is 0 Å². The average Bonchev–Trinajstić information content (AvgIpc) is 2.68. The van der Waals surface area contributed by atoms with Gasteiger partial charge in [0.05, 0.1) is 0 Å². The van der Waals surface area contributed by atoms with Gasteiger partial charge in [0.2, 0.25) is 0 Å². The molecule has 0 saturated carbocycles. The molecule has 2 amide bonds. The minimum atomic E-state index is -0.308. The quantitative estimate of drug-likeness (QED) is 0.826. The molecule has 3 rings (SSSR count). The summed E-state index contributed by atoms with van der Waals surface area (Å²) in [6.07, 6.45) is 0.640. The number of carbonyl (C=O) groups excluding carboxylic acids is 2. The zero-order chi connectivity index (χ0) is 18.4. The zero-order valence-electron chi connectivity index (χ0n) is 15.3. The molecule has 2 fully saturated rings. The van der Waals surface area contributed by atoms with Crippen LogP contribution in [0, 0.1) is 0 Å². The molecule has 2 aliphatic heterocycles. The summed E-state index contributed by atoms with van der Waals surface area (Å²) in [7, 11) is 2.05. The second kappa shape index (κ2) is 8.89. The molecule has 2 aliphatic rings. The Hall–Kier alpha value is -2.28. The van der Waals surface area contributed by atoms with Crippen molar-refractivity contribution >= 4 is 12.2 Å². The molecule has 0 bridgehead atoms. The van der Waals surface area contributed by atoms with Crippen LogP contribution >= 0.6 is 0 Å². The van der Waals surface area contributed by atoms with Crippen molar-refractivity contribution in [2.24, 2.45) is 0 Å². The topological polar surface area (TPSA) is 62.3 Å². The molecule has 0 radical (unpaired) electrons. The first-order chi connectivity index (χ1) is 12.6. The highest BCUT2D eigenvalue weighted by molar-refractivity contribution is 5.69. The Morgan fingerprint density at radius 1 is 0.923 bits per heavy atom. The minimum absolute atomic E-state index is 0.125.